The van der Waals surface area contributed by atoms with Crippen LogP contribution in [0.4, 0.5) is 0 Å². The molecule has 1 aliphatic carbocycles. The average Bonchev–Trinajstić information content (AvgIpc) is 3.57. The summed E-state index contributed by atoms with van der Waals surface area (Å²) in [6, 6.07) is 16.4. The Balaban J connectivity index is 1.58. The van der Waals surface area contributed by atoms with Crippen LogP contribution >= 0.6 is 12.2 Å². The second kappa shape index (κ2) is 9.22. The molecule has 1 saturated heterocycles. The molecule has 1 saturated carbocycles. The molecule has 3 aromatic rings. The summed E-state index contributed by atoms with van der Waals surface area (Å²) < 4.78 is 7.10. The SMILES string of the molecule is COC(=O)c1ccc(-n2c(C)cc([C@H]3[C@H](c4ccccn4)NC(=S)N3C3CCCC3)c2C)cc1. The molecule has 0 unspecified atom stereocenters. The highest BCUT2D eigenvalue weighted by Crippen LogP contribution is 2.44. The van der Waals surface area contributed by atoms with E-state index >= 15 is 0 Å². The summed E-state index contributed by atoms with van der Waals surface area (Å²) in [6.07, 6.45) is 6.68. The van der Waals surface area contributed by atoms with Gasteiger partial charge in [-0.1, -0.05) is 18.9 Å². The number of nitrogens with zero attached hydrogens (tertiary/aromatic N) is 3. The van der Waals surface area contributed by atoms with E-state index in [2.05, 4.69) is 45.7 Å². The third kappa shape index (κ3) is 3.88. The maximum atomic E-state index is 11.9. The van der Waals surface area contributed by atoms with Gasteiger partial charge in [-0.05, 0) is 86.9 Å². The van der Waals surface area contributed by atoms with Crippen LogP contribution in [-0.4, -0.2) is 38.7 Å². The number of carbonyl (C=O) groups is 1. The Hall–Kier alpha value is -3.19. The molecule has 0 bridgehead atoms. The van der Waals surface area contributed by atoms with Gasteiger partial charge in [0.1, 0.15) is 0 Å². The van der Waals surface area contributed by atoms with E-state index in [0.29, 0.717) is 11.6 Å². The molecule has 1 aromatic carbocycles. The van der Waals surface area contributed by atoms with Crippen LogP contribution in [0, 0.1) is 13.8 Å². The molecule has 0 spiro atoms. The second-order valence-corrected chi connectivity index (χ2v) is 9.56. The number of methoxy groups -OCH3 is 1. The summed E-state index contributed by atoms with van der Waals surface area (Å²) in [7, 11) is 1.40. The molecule has 34 heavy (non-hydrogen) atoms. The zero-order chi connectivity index (χ0) is 23.8. The number of nitrogens with one attached hydrogen (secondary N) is 1. The van der Waals surface area contributed by atoms with Gasteiger partial charge in [-0.15, -0.1) is 0 Å². The number of benzene rings is 1. The smallest absolute Gasteiger partial charge is 0.337 e. The number of aromatic nitrogens is 2. The average molecular weight is 475 g/mol. The first kappa shape index (κ1) is 22.6. The van der Waals surface area contributed by atoms with E-state index in [1.165, 1.54) is 44.1 Å². The van der Waals surface area contributed by atoms with Crippen molar-refractivity contribution in [3.05, 3.63) is 82.9 Å². The molecule has 3 heterocycles. The van der Waals surface area contributed by atoms with Crippen LogP contribution in [0.15, 0.2) is 54.7 Å². The Morgan fingerprint density at radius 1 is 1.12 bits per heavy atom. The zero-order valence-electron chi connectivity index (χ0n) is 19.8. The normalized spacial score (nSPS) is 20.6. The largest absolute Gasteiger partial charge is 0.465 e. The minimum atomic E-state index is -0.330. The van der Waals surface area contributed by atoms with Crippen LogP contribution in [0.3, 0.4) is 0 Å². The fourth-order valence-electron chi connectivity index (χ4n) is 5.62. The fraction of sp³-hybridized carbons (Fsp3) is 0.370. The molecule has 2 aliphatic rings. The first-order valence-electron chi connectivity index (χ1n) is 11.9. The molecular weight excluding hydrogens is 444 g/mol. The Morgan fingerprint density at radius 3 is 2.50 bits per heavy atom. The van der Waals surface area contributed by atoms with Crippen molar-refractivity contribution in [3.63, 3.8) is 0 Å². The molecule has 5 rings (SSSR count). The number of rotatable bonds is 5. The molecule has 0 radical (unpaired) electrons. The Morgan fingerprint density at radius 2 is 1.85 bits per heavy atom. The van der Waals surface area contributed by atoms with Crippen molar-refractivity contribution in [3.8, 4) is 5.69 Å². The fourth-order valence-corrected chi connectivity index (χ4v) is 6.01. The lowest BCUT2D eigenvalue weighted by molar-refractivity contribution is 0.0600. The molecular formula is C27H30N4O2S. The second-order valence-electron chi connectivity index (χ2n) is 9.17. The van der Waals surface area contributed by atoms with Crippen LogP contribution < -0.4 is 5.32 Å². The lowest BCUT2D eigenvalue weighted by atomic mass is 9.95. The minimum Gasteiger partial charge on any atom is -0.465 e. The monoisotopic (exact) mass is 474 g/mol. The van der Waals surface area contributed by atoms with Crippen molar-refractivity contribution in [2.45, 2.75) is 57.7 Å². The van der Waals surface area contributed by atoms with E-state index in [1.807, 2.05) is 42.6 Å². The summed E-state index contributed by atoms with van der Waals surface area (Å²) in [5.41, 5.74) is 6.13. The number of aryl methyl sites for hydroxylation is 1. The van der Waals surface area contributed by atoms with Gasteiger partial charge in [-0.2, -0.15) is 0 Å². The van der Waals surface area contributed by atoms with E-state index in [0.717, 1.165) is 22.2 Å². The number of ether oxygens (including phenoxy) is 1. The third-order valence-corrected chi connectivity index (χ3v) is 7.52. The van der Waals surface area contributed by atoms with E-state index in [9.17, 15) is 4.79 Å². The van der Waals surface area contributed by atoms with E-state index in [4.69, 9.17) is 17.0 Å². The lowest BCUT2D eigenvalue weighted by Crippen LogP contribution is -2.37. The lowest BCUT2D eigenvalue weighted by Gasteiger charge is -2.33. The summed E-state index contributed by atoms with van der Waals surface area (Å²) in [6.45, 7) is 4.29. The highest BCUT2D eigenvalue weighted by Gasteiger charge is 2.44. The third-order valence-electron chi connectivity index (χ3n) is 7.19. The quantitative estimate of drug-likeness (QED) is 0.406. The van der Waals surface area contributed by atoms with Gasteiger partial charge < -0.3 is 19.5 Å². The van der Waals surface area contributed by atoms with Gasteiger partial charge in [0.05, 0.1) is 30.5 Å². The number of carbonyl (C=O) groups excluding carboxylic acids is 1. The van der Waals surface area contributed by atoms with Crippen molar-refractivity contribution >= 4 is 23.3 Å². The predicted molar refractivity (Wildman–Crippen MR) is 136 cm³/mol. The van der Waals surface area contributed by atoms with E-state index < -0.39 is 0 Å². The van der Waals surface area contributed by atoms with Crippen LogP contribution in [-0.2, 0) is 4.74 Å². The minimum absolute atomic E-state index is 0.00931. The molecule has 2 fully saturated rings. The van der Waals surface area contributed by atoms with Gasteiger partial charge in [0.25, 0.3) is 0 Å². The topological polar surface area (TPSA) is 59.4 Å². The highest BCUT2D eigenvalue weighted by atomic mass is 32.1. The summed E-state index contributed by atoms with van der Waals surface area (Å²) in [4.78, 5) is 19.0. The highest BCUT2D eigenvalue weighted by molar-refractivity contribution is 7.80. The number of hydrogen-bond acceptors (Lipinski definition) is 4. The van der Waals surface area contributed by atoms with Crippen LogP contribution in [0.25, 0.3) is 5.69 Å². The number of esters is 1. The Bertz CT molecular complexity index is 1200. The maximum Gasteiger partial charge on any atom is 0.337 e. The molecule has 1 N–H and O–H groups in total. The first-order chi connectivity index (χ1) is 16.5. The van der Waals surface area contributed by atoms with Crippen molar-refractivity contribution in [1.29, 1.82) is 0 Å². The van der Waals surface area contributed by atoms with Crippen molar-refractivity contribution in [2.24, 2.45) is 0 Å². The molecule has 7 heteroatoms. The summed E-state index contributed by atoms with van der Waals surface area (Å²) in [5.74, 6) is -0.330. The summed E-state index contributed by atoms with van der Waals surface area (Å²) >= 11 is 5.89. The van der Waals surface area contributed by atoms with Gasteiger partial charge in [-0.25, -0.2) is 4.79 Å². The maximum absolute atomic E-state index is 11.9. The Labute approximate surface area is 205 Å². The van der Waals surface area contributed by atoms with Crippen molar-refractivity contribution in [1.82, 2.24) is 19.8 Å². The molecule has 2 atom stereocenters. The van der Waals surface area contributed by atoms with Gasteiger partial charge in [-0.3, -0.25) is 4.98 Å². The van der Waals surface area contributed by atoms with Gasteiger partial charge in [0.15, 0.2) is 5.11 Å². The summed E-state index contributed by atoms with van der Waals surface area (Å²) in [5, 5.41) is 4.42. The molecule has 2 aromatic heterocycles. The molecule has 6 nitrogen and oxygen atoms in total. The van der Waals surface area contributed by atoms with Crippen molar-refractivity contribution < 1.29 is 9.53 Å². The van der Waals surface area contributed by atoms with Gasteiger partial charge in [0, 0.05) is 29.3 Å². The van der Waals surface area contributed by atoms with Gasteiger partial charge in [0.2, 0.25) is 0 Å². The Kier molecular flexibility index (Phi) is 6.13. The van der Waals surface area contributed by atoms with Crippen LogP contribution in [0.2, 0.25) is 0 Å². The van der Waals surface area contributed by atoms with E-state index in [1.54, 1.807) is 0 Å². The molecule has 176 valence electrons. The standard InChI is InChI=1S/C27H30N4O2S/c1-17-16-22(18(2)30(17)21-13-11-19(12-14-21)26(32)33-3)25-24(23-10-6-7-15-28-23)29-27(34)31(25)20-8-4-5-9-20/h6-7,10-16,20,24-25H,4-5,8-9H2,1-3H3,(H,29,34)/t24-,25-/m0/s1. The number of pyridine rings is 1. The number of thiocarbonyl (C=S) groups is 1. The first-order valence-corrected chi connectivity index (χ1v) is 12.3. The zero-order valence-corrected chi connectivity index (χ0v) is 20.6. The molecule has 0 amide bonds. The number of hydrogen-bond donors (Lipinski definition) is 1. The van der Waals surface area contributed by atoms with E-state index in [-0.39, 0.29) is 18.1 Å². The molecule has 1 aliphatic heterocycles. The van der Waals surface area contributed by atoms with Crippen LogP contribution in [0.5, 0.6) is 0 Å². The van der Waals surface area contributed by atoms with Gasteiger partial charge >= 0.3 is 5.97 Å². The van der Waals surface area contributed by atoms with Crippen LogP contribution in [0.1, 0.15) is 70.8 Å². The predicted octanol–water partition coefficient (Wildman–Crippen LogP) is 5.19. The van der Waals surface area contributed by atoms with Crippen molar-refractivity contribution in [2.75, 3.05) is 7.11 Å².